The van der Waals surface area contributed by atoms with Crippen LogP contribution in [0.5, 0.6) is 0 Å². The summed E-state index contributed by atoms with van der Waals surface area (Å²) < 4.78 is 26.0. The number of aryl methyl sites for hydroxylation is 1. The Bertz CT molecular complexity index is 998. The Kier molecular flexibility index (Phi) is 7.05. The normalized spacial score (nSPS) is 12.1. The van der Waals surface area contributed by atoms with Gasteiger partial charge in [0.15, 0.2) is 0 Å². The zero-order valence-electron chi connectivity index (χ0n) is 15.9. The van der Waals surface area contributed by atoms with E-state index in [1.54, 1.807) is 49.4 Å². The van der Waals surface area contributed by atoms with Crippen LogP contribution in [-0.2, 0) is 21.2 Å². The third-order valence-corrected chi connectivity index (χ3v) is 5.83. The van der Waals surface area contributed by atoms with Crippen LogP contribution in [0.3, 0.4) is 0 Å². The third kappa shape index (κ3) is 5.24. The Morgan fingerprint density at radius 2 is 1.89 bits per heavy atom. The van der Waals surface area contributed by atoms with Gasteiger partial charge in [0, 0.05) is 10.7 Å². The van der Waals surface area contributed by atoms with Gasteiger partial charge in [0.1, 0.15) is 6.04 Å². The lowest BCUT2D eigenvalue weighted by Crippen LogP contribution is -2.47. The minimum Gasteiger partial charge on any atom is -0.324 e. The number of anilines is 2. The number of nitrogens with zero attached hydrogens (tertiary/aromatic N) is 2. The van der Waals surface area contributed by atoms with Gasteiger partial charge in [0.2, 0.25) is 15.9 Å². The number of amides is 1. The Labute approximate surface area is 170 Å². The smallest absolute Gasteiger partial charge is 0.248 e. The first kappa shape index (κ1) is 21.7. The standard InChI is InChI=1S/C20H22ClN3O3S/c1-4-19(20(25)23-16-8-6-15(7-9-16)11-12-22)24(28(3,26)27)17-10-5-14(2)18(21)13-17/h5-10,13,19H,4,11H2,1-3H3,(H,23,25)/t19-/m0/s1. The van der Waals surface area contributed by atoms with Gasteiger partial charge in [-0.05, 0) is 48.7 Å². The van der Waals surface area contributed by atoms with Gasteiger partial charge >= 0.3 is 0 Å². The van der Waals surface area contributed by atoms with Crippen LogP contribution < -0.4 is 9.62 Å². The number of carbonyl (C=O) groups excluding carboxylic acids is 1. The summed E-state index contributed by atoms with van der Waals surface area (Å²) in [6.07, 6.45) is 1.62. The summed E-state index contributed by atoms with van der Waals surface area (Å²) >= 11 is 6.16. The van der Waals surface area contributed by atoms with Crippen molar-refractivity contribution in [2.45, 2.75) is 32.7 Å². The summed E-state index contributed by atoms with van der Waals surface area (Å²) in [4.78, 5) is 12.9. The summed E-state index contributed by atoms with van der Waals surface area (Å²) in [6.45, 7) is 3.56. The van der Waals surface area contributed by atoms with E-state index in [0.717, 1.165) is 21.7 Å². The summed E-state index contributed by atoms with van der Waals surface area (Å²) in [5.74, 6) is -0.447. The molecular formula is C20H22ClN3O3S. The Balaban J connectivity index is 2.33. The molecule has 0 aliphatic heterocycles. The maximum Gasteiger partial charge on any atom is 0.248 e. The van der Waals surface area contributed by atoms with Crippen molar-refractivity contribution in [3.05, 3.63) is 58.6 Å². The Morgan fingerprint density at radius 1 is 1.25 bits per heavy atom. The summed E-state index contributed by atoms with van der Waals surface area (Å²) in [5.41, 5.74) is 2.51. The first-order chi connectivity index (χ1) is 13.2. The van der Waals surface area contributed by atoms with Crippen molar-refractivity contribution in [2.24, 2.45) is 0 Å². The second kappa shape index (κ2) is 9.09. The molecule has 0 heterocycles. The largest absolute Gasteiger partial charge is 0.324 e. The lowest BCUT2D eigenvalue weighted by Gasteiger charge is -2.30. The molecule has 2 aromatic carbocycles. The number of benzene rings is 2. The minimum atomic E-state index is -3.73. The molecule has 0 aliphatic carbocycles. The van der Waals surface area contributed by atoms with Crippen LogP contribution in [0.15, 0.2) is 42.5 Å². The van der Waals surface area contributed by atoms with Crippen molar-refractivity contribution in [1.82, 2.24) is 0 Å². The van der Waals surface area contributed by atoms with Crippen molar-refractivity contribution in [1.29, 1.82) is 5.26 Å². The molecular weight excluding hydrogens is 398 g/mol. The number of hydrogen-bond acceptors (Lipinski definition) is 4. The topological polar surface area (TPSA) is 90.3 Å². The van der Waals surface area contributed by atoms with Crippen LogP contribution in [-0.4, -0.2) is 26.6 Å². The van der Waals surface area contributed by atoms with Gasteiger partial charge in [-0.25, -0.2) is 8.42 Å². The van der Waals surface area contributed by atoms with Crippen LogP contribution in [0.4, 0.5) is 11.4 Å². The minimum absolute atomic E-state index is 0.275. The molecule has 0 spiro atoms. The number of nitriles is 1. The molecule has 2 aromatic rings. The third-order valence-electron chi connectivity index (χ3n) is 4.24. The van der Waals surface area contributed by atoms with Crippen LogP contribution in [0.2, 0.25) is 5.02 Å². The van der Waals surface area contributed by atoms with Crippen molar-refractivity contribution < 1.29 is 13.2 Å². The van der Waals surface area contributed by atoms with E-state index in [9.17, 15) is 13.2 Å². The van der Waals surface area contributed by atoms with E-state index >= 15 is 0 Å². The Morgan fingerprint density at radius 3 is 2.39 bits per heavy atom. The molecule has 1 atom stereocenters. The Hall–Kier alpha value is -2.56. The van der Waals surface area contributed by atoms with Gasteiger partial charge in [-0.2, -0.15) is 5.26 Å². The molecule has 2 rings (SSSR count). The molecule has 0 radical (unpaired) electrons. The average molecular weight is 420 g/mol. The predicted octanol–water partition coefficient (Wildman–Crippen LogP) is 3.90. The highest BCUT2D eigenvalue weighted by molar-refractivity contribution is 7.92. The molecule has 1 N–H and O–H groups in total. The van der Waals surface area contributed by atoms with Gasteiger partial charge in [-0.3, -0.25) is 9.10 Å². The van der Waals surface area contributed by atoms with E-state index in [-0.39, 0.29) is 12.8 Å². The van der Waals surface area contributed by atoms with E-state index < -0.39 is 22.0 Å². The maximum atomic E-state index is 12.9. The number of rotatable bonds is 7. The van der Waals surface area contributed by atoms with Crippen LogP contribution in [0.1, 0.15) is 24.5 Å². The lowest BCUT2D eigenvalue weighted by atomic mass is 10.1. The van der Waals surface area contributed by atoms with Gasteiger partial charge < -0.3 is 5.32 Å². The monoisotopic (exact) mass is 419 g/mol. The zero-order chi connectivity index (χ0) is 20.9. The number of carbonyl (C=O) groups is 1. The van der Waals surface area contributed by atoms with Gasteiger partial charge in [-0.15, -0.1) is 0 Å². The van der Waals surface area contributed by atoms with Crippen molar-refractivity contribution in [3.63, 3.8) is 0 Å². The molecule has 0 aromatic heterocycles. The molecule has 6 nitrogen and oxygen atoms in total. The van der Waals surface area contributed by atoms with Crippen LogP contribution in [0.25, 0.3) is 0 Å². The highest BCUT2D eigenvalue weighted by Crippen LogP contribution is 2.28. The van der Waals surface area contributed by atoms with E-state index in [4.69, 9.17) is 16.9 Å². The van der Waals surface area contributed by atoms with Crippen LogP contribution >= 0.6 is 11.6 Å². The molecule has 8 heteroatoms. The van der Waals surface area contributed by atoms with Gasteiger partial charge in [0.25, 0.3) is 0 Å². The fourth-order valence-electron chi connectivity index (χ4n) is 2.80. The molecule has 0 fully saturated rings. The number of halogens is 1. The maximum absolute atomic E-state index is 12.9. The number of sulfonamides is 1. The van der Waals surface area contributed by atoms with Crippen molar-refractivity contribution in [2.75, 3.05) is 15.9 Å². The van der Waals surface area contributed by atoms with Gasteiger partial charge in [-0.1, -0.05) is 36.7 Å². The van der Waals surface area contributed by atoms with Crippen molar-refractivity contribution in [3.8, 4) is 6.07 Å². The summed E-state index contributed by atoms with van der Waals surface area (Å²) in [6, 6.07) is 12.9. The fraction of sp³-hybridized carbons (Fsp3) is 0.300. The molecule has 0 unspecified atom stereocenters. The molecule has 1 amide bonds. The lowest BCUT2D eigenvalue weighted by molar-refractivity contribution is -0.117. The number of hydrogen-bond donors (Lipinski definition) is 1. The van der Waals surface area contributed by atoms with Crippen LogP contribution in [0, 0.1) is 18.3 Å². The quantitative estimate of drug-likeness (QED) is 0.736. The fourth-order valence-corrected chi connectivity index (χ4v) is 4.18. The van der Waals surface area contributed by atoms with E-state index in [1.807, 2.05) is 6.92 Å². The summed E-state index contributed by atoms with van der Waals surface area (Å²) in [7, 11) is -3.73. The first-order valence-electron chi connectivity index (χ1n) is 8.69. The second-order valence-electron chi connectivity index (χ2n) is 6.44. The van der Waals surface area contributed by atoms with Crippen molar-refractivity contribution >= 4 is 38.9 Å². The van der Waals surface area contributed by atoms with E-state index in [1.165, 1.54) is 0 Å². The molecule has 0 saturated heterocycles. The SMILES string of the molecule is CC[C@@H](C(=O)Nc1ccc(CC#N)cc1)N(c1ccc(C)c(Cl)c1)S(C)(=O)=O. The summed E-state index contributed by atoms with van der Waals surface area (Å²) in [5, 5.41) is 11.9. The highest BCUT2D eigenvalue weighted by atomic mass is 35.5. The zero-order valence-corrected chi connectivity index (χ0v) is 17.5. The number of nitrogens with one attached hydrogen (secondary N) is 1. The van der Waals surface area contributed by atoms with Gasteiger partial charge in [0.05, 0.1) is 24.4 Å². The average Bonchev–Trinajstić information content (AvgIpc) is 2.63. The van der Waals surface area contributed by atoms with E-state index in [2.05, 4.69) is 11.4 Å². The second-order valence-corrected chi connectivity index (χ2v) is 8.70. The predicted molar refractivity (Wildman–Crippen MR) is 112 cm³/mol. The first-order valence-corrected chi connectivity index (χ1v) is 10.9. The molecule has 28 heavy (non-hydrogen) atoms. The molecule has 148 valence electrons. The molecule has 0 bridgehead atoms. The molecule has 0 saturated carbocycles. The highest BCUT2D eigenvalue weighted by Gasteiger charge is 2.31. The van der Waals surface area contributed by atoms with E-state index in [0.29, 0.717) is 16.4 Å². The molecule has 0 aliphatic rings.